The molecule has 3 N–H and O–H groups in total. The lowest BCUT2D eigenvalue weighted by Gasteiger charge is -2.15. The van der Waals surface area contributed by atoms with Gasteiger partial charge in [0.1, 0.15) is 11.6 Å². The van der Waals surface area contributed by atoms with Crippen molar-refractivity contribution < 1.29 is 18.4 Å². The molecular formula is C16H15ClF2N4O2. The second-order valence-electron chi connectivity index (χ2n) is 5.19. The average Bonchev–Trinajstić information content (AvgIpc) is 2.55. The van der Waals surface area contributed by atoms with Crippen LogP contribution in [-0.4, -0.2) is 16.9 Å². The van der Waals surface area contributed by atoms with E-state index in [0.717, 1.165) is 6.07 Å². The van der Waals surface area contributed by atoms with Crippen LogP contribution in [0.25, 0.3) is 11.1 Å². The SMILES string of the molecule is CC(=O)NNC(=O)NC(C)c1ncc(-c2cccc(F)c2Cl)cc1F. The molecule has 1 unspecified atom stereocenters. The van der Waals surface area contributed by atoms with Crippen LogP contribution in [-0.2, 0) is 4.79 Å². The number of hydrogen-bond acceptors (Lipinski definition) is 3. The van der Waals surface area contributed by atoms with Gasteiger partial charge in [0, 0.05) is 24.2 Å². The van der Waals surface area contributed by atoms with Crippen molar-refractivity contribution in [1.82, 2.24) is 21.2 Å². The van der Waals surface area contributed by atoms with Crippen molar-refractivity contribution in [2.45, 2.75) is 19.9 Å². The number of urea groups is 1. The van der Waals surface area contributed by atoms with Gasteiger partial charge in [-0.2, -0.15) is 0 Å². The normalized spacial score (nSPS) is 11.6. The third-order valence-corrected chi connectivity index (χ3v) is 3.63. The molecule has 0 aliphatic rings. The summed E-state index contributed by atoms with van der Waals surface area (Å²) in [5, 5.41) is 2.29. The Labute approximate surface area is 147 Å². The molecule has 25 heavy (non-hydrogen) atoms. The number of nitrogens with zero attached hydrogens (tertiary/aromatic N) is 1. The molecule has 3 amide bonds. The number of carbonyl (C=O) groups is 2. The molecule has 0 saturated carbocycles. The minimum atomic E-state index is -0.772. The van der Waals surface area contributed by atoms with Gasteiger partial charge >= 0.3 is 6.03 Å². The summed E-state index contributed by atoms with van der Waals surface area (Å²) < 4.78 is 27.9. The highest BCUT2D eigenvalue weighted by atomic mass is 35.5. The Hall–Kier alpha value is -2.74. The molecule has 0 spiro atoms. The first-order valence-electron chi connectivity index (χ1n) is 7.22. The lowest BCUT2D eigenvalue weighted by molar-refractivity contribution is -0.119. The van der Waals surface area contributed by atoms with Crippen molar-refractivity contribution in [3.05, 3.63) is 52.8 Å². The number of amides is 3. The van der Waals surface area contributed by atoms with E-state index in [1.165, 1.54) is 32.2 Å². The Morgan fingerprint density at radius 2 is 1.92 bits per heavy atom. The molecule has 132 valence electrons. The molecular weight excluding hydrogens is 354 g/mol. The fourth-order valence-electron chi connectivity index (χ4n) is 2.09. The first-order chi connectivity index (χ1) is 11.8. The van der Waals surface area contributed by atoms with Crippen LogP contribution in [0.5, 0.6) is 0 Å². The van der Waals surface area contributed by atoms with Crippen LogP contribution in [0.2, 0.25) is 5.02 Å². The number of pyridine rings is 1. The maximum Gasteiger partial charge on any atom is 0.334 e. The Morgan fingerprint density at radius 3 is 2.56 bits per heavy atom. The Bertz CT molecular complexity index is 817. The lowest BCUT2D eigenvalue weighted by Crippen LogP contribution is -2.46. The zero-order chi connectivity index (χ0) is 18.6. The van der Waals surface area contributed by atoms with E-state index in [1.807, 2.05) is 0 Å². The van der Waals surface area contributed by atoms with E-state index in [1.54, 1.807) is 6.07 Å². The van der Waals surface area contributed by atoms with E-state index >= 15 is 0 Å². The molecule has 2 rings (SSSR count). The summed E-state index contributed by atoms with van der Waals surface area (Å²) >= 11 is 5.89. The number of nitrogens with one attached hydrogen (secondary N) is 3. The van der Waals surface area contributed by atoms with Crippen LogP contribution < -0.4 is 16.2 Å². The molecule has 0 radical (unpaired) electrons. The van der Waals surface area contributed by atoms with Gasteiger partial charge in [-0.05, 0) is 19.1 Å². The molecule has 0 aliphatic heterocycles. The second-order valence-corrected chi connectivity index (χ2v) is 5.57. The molecule has 6 nitrogen and oxygen atoms in total. The summed E-state index contributed by atoms with van der Waals surface area (Å²) in [7, 11) is 0. The highest BCUT2D eigenvalue weighted by molar-refractivity contribution is 6.33. The Balaban J connectivity index is 2.17. The van der Waals surface area contributed by atoms with Gasteiger partial charge in [0.25, 0.3) is 0 Å². The standard InChI is InChI=1S/C16H15ClF2N4O2/c1-8(21-16(25)23-22-9(2)24)15-13(19)6-10(7-20-15)11-4-3-5-12(18)14(11)17/h3-8H,1-2H3,(H,22,24)(H2,21,23,25). The number of halogens is 3. The average molecular weight is 369 g/mol. The third kappa shape index (κ3) is 4.63. The zero-order valence-electron chi connectivity index (χ0n) is 13.4. The van der Waals surface area contributed by atoms with E-state index in [4.69, 9.17) is 11.6 Å². The minimum absolute atomic E-state index is 0.0192. The predicted molar refractivity (Wildman–Crippen MR) is 88.5 cm³/mol. The van der Waals surface area contributed by atoms with Gasteiger partial charge in [-0.3, -0.25) is 15.2 Å². The Kier molecular flexibility index (Phi) is 5.87. The molecule has 0 saturated heterocycles. The van der Waals surface area contributed by atoms with Crippen molar-refractivity contribution in [1.29, 1.82) is 0 Å². The van der Waals surface area contributed by atoms with E-state index in [0.29, 0.717) is 11.1 Å². The predicted octanol–water partition coefficient (Wildman–Crippen LogP) is 3.09. The van der Waals surface area contributed by atoms with Crippen molar-refractivity contribution in [3.8, 4) is 11.1 Å². The summed E-state index contributed by atoms with van der Waals surface area (Å²) in [4.78, 5) is 26.3. The van der Waals surface area contributed by atoms with Crippen molar-refractivity contribution in [2.24, 2.45) is 0 Å². The highest BCUT2D eigenvalue weighted by Crippen LogP contribution is 2.30. The molecule has 2 aromatic rings. The number of hydrazine groups is 1. The topological polar surface area (TPSA) is 83.1 Å². The summed E-state index contributed by atoms with van der Waals surface area (Å²) in [6, 6.07) is 3.87. The largest absolute Gasteiger partial charge is 0.334 e. The van der Waals surface area contributed by atoms with Gasteiger partial charge in [0.05, 0.1) is 16.8 Å². The first-order valence-corrected chi connectivity index (χ1v) is 7.60. The molecule has 9 heteroatoms. The Morgan fingerprint density at radius 1 is 1.20 bits per heavy atom. The monoisotopic (exact) mass is 368 g/mol. The van der Waals surface area contributed by atoms with Gasteiger partial charge < -0.3 is 5.32 Å². The first kappa shape index (κ1) is 18.6. The quantitative estimate of drug-likeness (QED) is 0.728. The number of benzene rings is 1. The van der Waals surface area contributed by atoms with E-state index < -0.39 is 29.6 Å². The molecule has 0 bridgehead atoms. The van der Waals surface area contributed by atoms with Gasteiger partial charge in [-0.25, -0.2) is 19.0 Å². The smallest absolute Gasteiger partial charge is 0.329 e. The molecule has 0 aliphatic carbocycles. The number of rotatable bonds is 3. The van der Waals surface area contributed by atoms with Crippen LogP contribution in [0, 0.1) is 11.6 Å². The van der Waals surface area contributed by atoms with Crippen LogP contribution in [0.1, 0.15) is 25.6 Å². The lowest BCUT2D eigenvalue weighted by atomic mass is 10.1. The van der Waals surface area contributed by atoms with Crippen molar-refractivity contribution in [3.63, 3.8) is 0 Å². The number of aromatic nitrogens is 1. The van der Waals surface area contributed by atoms with Crippen LogP contribution in [0.4, 0.5) is 13.6 Å². The van der Waals surface area contributed by atoms with Crippen molar-refractivity contribution >= 4 is 23.5 Å². The van der Waals surface area contributed by atoms with Gasteiger partial charge in [0.15, 0.2) is 0 Å². The van der Waals surface area contributed by atoms with Gasteiger partial charge in [0.2, 0.25) is 5.91 Å². The number of hydrogen-bond donors (Lipinski definition) is 3. The van der Waals surface area contributed by atoms with Gasteiger partial charge in [-0.15, -0.1) is 0 Å². The maximum atomic E-state index is 14.3. The van der Waals surface area contributed by atoms with E-state index in [-0.39, 0.29) is 10.7 Å². The zero-order valence-corrected chi connectivity index (χ0v) is 14.1. The molecule has 1 aromatic heterocycles. The molecule has 1 aromatic carbocycles. The third-order valence-electron chi connectivity index (χ3n) is 3.24. The fourth-order valence-corrected chi connectivity index (χ4v) is 2.32. The molecule has 1 heterocycles. The van der Waals surface area contributed by atoms with Gasteiger partial charge in [-0.1, -0.05) is 23.7 Å². The molecule has 0 fully saturated rings. The van der Waals surface area contributed by atoms with Crippen LogP contribution in [0.3, 0.4) is 0 Å². The highest BCUT2D eigenvalue weighted by Gasteiger charge is 2.17. The summed E-state index contributed by atoms with van der Waals surface area (Å²) in [5.41, 5.74) is 4.78. The number of carbonyl (C=O) groups excluding carboxylic acids is 2. The summed E-state index contributed by atoms with van der Waals surface area (Å²) in [6.45, 7) is 2.74. The van der Waals surface area contributed by atoms with Crippen LogP contribution >= 0.6 is 11.6 Å². The summed E-state index contributed by atoms with van der Waals surface area (Å²) in [6.07, 6.45) is 1.34. The molecule has 1 atom stereocenters. The van der Waals surface area contributed by atoms with E-state index in [2.05, 4.69) is 21.2 Å². The summed E-state index contributed by atoms with van der Waals surface area (Å²) in [5.74, 6) is -1.76. The van der Waals surface area contributed by atoms with E-state index in [9.17, 15) is 18.4 Å². The fraction of sp³-hybridized carbons (Fsp3) is 0.188. The van der Waals surface area contributed by atoms with Crippen molar-refractivity contribution in [2.75, 3.05) is 0 Å². The maximum absolute atomic E-state index is 14.3. The minimum Gasteiger partial charge on any atom is -0.329 e. The van der Waals surface area contributed by atoms with Crippen LogP contribution in [0.15, 0.2) is 30.5 Å². The second kappa shape index (κ2) is 7.89.